The first kappa shape index (κ1) is 12.4. The molecule has 2 atom stereocenters. The minimum Gasteiger partial charge on any atom is -0.346 e. The molecule has 0 spiro atoms. The van der Waals surface area contributed by atoms with Crippen LogP contribution in [0.15, 0.2) is 60.7 Å². The van der Waals surface area contributed by atoms with Gasteiger partial charge in [-0.2, -0.15) is 0 Å². The lowest BCUT2D eigenvalue weighted by Gasteiger charge is -2.39. The van der Waals surface area contributed by atoms with Crippen LogP contribution in [0.3, 0.4) is 0 Å². The molecule has 1 aliphatic heterocycles. The Balaban J connectivity index is 1.86. The molecular weight excluding hydrogens is 236 g/mol. The van der Waals surface area contributed by atoms with E-state index in [-0.39, 0.29) is 6.10 Å². The van der Waals surface area contributed by atoms with Gasteiger partial charge in [0.25, 0.3) is 0 Å². The molecule has 1 aliphatic rings. The fourth-order valence-electron chi connectivity index (χ4n) is 2.52. The van der Waals surface area contributed by atoms with Crippen molar-refractivity contribution >= 4 is 0 Å². The van der Waals surface area contributed by atoms with Crippen molar-refractivity contribution in [1.29, 1.82) is 0 Å². The number of ether oxygens (including phenoxy) is 2. The smallest absolute Gasteiger partial charge is 0.192 e. The van der Waals surface area contributed by atoms with E-state index in [9.17, 15) is 0 Å². The second-order valence-corrected chi connectivity index (χ2v) is 4.97. The number of hydrogen-bond donors (Lipinski definition) is 0. The predicted octanol–water partition coefficient (Wildman–Crippen LogP) is 4.04. The minimum atomic E-state index is -0.653. The van der Waals surface area contributed by atoms with E-state index < -0.39 is 5.79 Å². The lowest BCUT2D eigenvalue weighted by Crippen LogP contribution is -2.36. The molecular formula is C17H18O2. The molecule has 98 valence electrons. The Hall–Kier alpha value is -1.64. The molecule has 1 fully saturated rings. The lowest BCUT2D eigenvalue weighted by atomic mass is 10.0. The Bertz CT molecular complexity index is 523. The van der Waals surface area contributed by atoms with Crippen LogP contribution in [0, 0.1) is 0 Å². The highest BCUT2D eigenvalue weighted by molar-refractivity contribution is 5.22. The Labute approximate surface area is 114 Å². The first-order valence-electron chi connectivity index (χ1n) is 6.70. The quantitative estimate of drug-likeness (QED) is 0.805. The van der Waals surface area contributed by atoms with Crippen LogP contribution < -0.4 is 0 Å². The maximum Gasteiger partial charge on any atom is 0.192 e. The molecule has 0 saturated carbocycles. The van der Waals surface area contributed by atoms with E-state index in [4.69, 9.17) is 9.47 Å². The van der Waals surface area contributed by atoms with E-state index in [1.54, 1.807) is 0 Å². The van der Waals surface area contributed by atoms with Crippen molar-refractivity contribution in [2.75, 3.05) is 6.61 Å². The van der Waals surface area contributed by atoms with Gasteiger partial charge in [0.1, 0.15) is 0 Å². The topological polar surface area (TPSA) is 18.5 Å². The van der Waals surface area contributed by atoms with Crippen molar-refractivity contribution < 1.29 is 9.47 Å². The van der Waals surface area contributed by atoms with Crippen molar-refractivity contribution in [3.63, 3.8) is 0 Å². The molecule has 1 heterocycles. The maximum absolute atomic E-state index is 6.22. The summed E-state index contributed by atoms with van der Waals surface area (Å²) in [4.78, 5) is 0. The molecule has 1 saturated heterocycles. The Morgan fingerprint density at radius 2 is 1.58 bits per heavy atom. The maximum atomic E-state index is 6.22. The Morgan fingerprint density at radius 3 is 2.26 bits per heavy atom. The molecule has 2 nitrogen and oxygen atoms in total. The third-order valence-corrected chi connectivity index (χ3v) is 3.59. The summed E-state index contributed by atoms with van der Waals surface area (Å²) in [5.41, 5.74) is 2.28. The van der Waals surface area contributed by atoms with Crippen LogP contribution in [0.1, 0.15) is 30.6 Å². The standard InChI is InChI=1S/C17H18O2/c1-17(15-10-6-3-7-11-15)18-13-12-16(19-17)14-8-4-2-5-9-14/h2-11,16H,12-13H2,1H3. The van der Waals surface area contributed by atoms with Gasteiger partial charge in [0, 0.05) is 12.0 Å². The fraction of sp³-hybridized carbons (Fsp3) is 0.294. The highest BCUT2D eigenvalue weighted by Crippen LogP contribution is 2.38. The molecule has 3 rings (SSSR count). The molecule has 2 aromatic rings. The summed E-state index contributed by atoms with van der Waals surface area (Å²) in [6, 6.07) is 20.5. The average Bonchev–Trinajstić information content (AvgIpc) is 2.49. The first-order valence-corrected chi connectivity index (χ1v) is 6.70. The van der Waals surface area contributed by atoms with Gasteiger partial charge in [-0.05, 0) is 12.5 Å². The van der Waals surface area contributed by atoms with E-state index >= 15 is 0 Å². The Kier molecular flexibility index (Phi) is 3.36. The normalized spacial score (nSPS) is 27.1. The van der Waals surface area contributed by atoms with Gasteiger partial charge in [-0.1, -0.05) is 60.7 Å². The van der Waals surface area contributed by atoms with Gasteiger partial charge in [0.05, 0.1) is 12.7 Å². The van der Waals surface area contributed by atoms with Crippen molar-refractivity contribution in [2.45, 2.75) is 25.2 Å². The number of hydrogen-bond acceptors (Lipinski definition) is 2. The molecule has 0 bridgehead atoms. The highest BCUT2D eigenvalue weighted by Gasteiger charge is 2.36. The molecule has 0 radical (unpaired) electrons. The summed E-state index contributed by atoms with van der Waals surface area (Å²) in [7, 11) is 0. The molecule has 0 N–H and O–H groups in total. The summed E-state index contributed by atoms with van der Waals surface area (Å²) < 4.78 is 12.1. The second-order valence-electron chi connectivity index (χ2n) is 4.97. The minimum absolute atomic E-state index is 0.0974. The number of benzene rings is 2. The van der Waals surface area contributed by atoms with Gasteiger partial charge in [-0.3, -0.25) is 0 Å². The SMILES string of the molecule is CC1(c2ccccc2)OCCC(c2ccccc2)O1. The molecule has 0 aliphatic carbocycles. The van der Waals surface area contributed by atoms with E-state index in [0.717, 1.165) is 12.0 Å². The lowest BCUT2D eigenvalue weighted by molar-refractivity contribution is -0.295. The molecule has 2 unspecified atom stereocenters. The van der Waals surface area contributed by atoms with Crippen molar-refractivity contribution in [1.82, 2.24) is 0 Å². The summed E-state index contributed by atoms with van der Waals surface area (Å²) >= 11 is 0. The van der Waals surface area contributed by atoms with Gasteiger partial charge >= 0.3 is 0 Å². The van der Waals surface area contributed by atoms with Crippen LogP contribution >= 0.6 is 0 Å². The third kappa shape index (κ3) is 2.55. The van der Waals surface area contributed by atoms with Crippen LogP contribution in [0.4, 0.5) is 0 Å². The summed E-state index contributed by atoms with van der Waals surface area (Å²) in [5.74, 6) is -0.653. The molecule has 0 aromatic heterocycles. The molecule has 19 heavy (non-hydrogen) atoms. The van der Waals surface area contributed by atoms with Gasteiger partial charge in [-0.15, -0.1) is 0 Å². The summed E-state index contributed by atoms with van der Waals surface area (Å²) in [5, 5.41) is 0. The largest absolute Gasteiger partial charge is 0.346 e. The van der Waals surface area contributed by atoms with E-state index in [1.165, 1.54) is 5.56 Å². The third-order valence-electron chi connectivity index (χ3n) is 3.59. The van der Waals surface area contributed by atoms with Crippen LogP contribution in [0.2, 0.25) is 0 Å². The molecule has 2 aromatic carbocycles. The van der Waals surface area contributed by atoms with Crippen LogP contribution in [-0.4, -0.2) is 6.61 Å². The first-order chi connectivity index (χ1) is 9.28. The van der Waals surface area contributed by atoms with Crippen LogP contribution in [0.5, 0.6) is 0 Å². The zero-order chi connectivity index (χ0) is 13.1. The highest BCUT2D eigenvalue weighted by atomic mass is 16.7. The van der Waals surface area contributed by atoms with Crippen molar-refractivity contribution in [3.8, 4) is 0 Å². The zero-order valence-corrected chi connectivity index (χ0v) is 11.1. The van der Waals surface area contributed by atoms with Gasteiger partial charge < -0.3 is 9.47 Å². The average molecular weight is 254 g/mol. The van der Waals surface area contributed by atoms with Crippen LogP contribution in [0.25, 0.3) is 0 Å². The van der Waals surface area contributed by atoms with E-state index in [2.05, 4.69) is 12.1 Å². The van der Waals surface area contributed by atoms with E-state index in [0.29, 0.717) is 6.61 Å². The van der Waals surface area contributed by atoms with Crippen LogP contribution in [-0.2, 0) is 15.3 Å². The molecule has 2 heteroatoms. The van der Waals surface area contributed by atoms with Gasteiger partial charge in [0.2, 0.25) is 0 Å². The zero-order valence-electron chi connectivity index (χ0n) is 11.1. The number of rotatable bonds is 2. The van der Waals surface area contributed by atoms with Gasteiger partial charge in [-0.25, -0.2) is 0 Å². The summed E-state index contributed by atoms with van der Waals surface area (Å²) in [6.07, 6.45) is 0.993. The predicted molar refractivity (Wildman–Crippen MR) is 74.6 cm³/mol. The van der Waals surface area contributed by atoms with Crippen molar-refractivity contribution in [3.05, 3.63) is 71.8 Å². The Morgan fingerprint density at radius 1 is 0.947 bits per heavy atom. The van der Waals surface area contributed by atoms with E-state index in [1.807, 2.05) is 55.5 Å². The summed E-state index contributed by atoms with van der Waals surface area (Å²) in [6.45, 7) is 2.71. The molecule has 0 amide bonds. The second kappa shape index (κ2) is 5.16. The fourth-order valence-corrected chi connectivity index (χ4v) is 2.52. The van der Waals surface area contributed by atoms with Gasteiger partial charge in [0.15, 0.2) is 5.79 Å². The van der Waals surface area contributed by atoms with Crippen molar-refractivity contribution in [2.24, 2.45) is 0 Å². The monoisotopic (exact) mass is 254 g/mol.